The Kier molecular flexibility index (Phi) is 4.05. The number of hydrogen-bond donors (Lipinski definition) is 0. The van der Waals surface area contributed by atoms with Crippen molar-refractivity contribution in [2.75, 3.05) is 0 Å². The third-order valence-electron chi connectivity index (χ3n) is 6.89. The molecule has 162 valence electrons. The van der Waals surface area contributed by atoms with E-state index in [4.69, 9.17) is 0 Å². The van der Waals surface area contributed by atoms with Gasteiger partial charge in [-0.3, -0.25) is 19.4 Å². The maximum Gasteiger partial charge on any atom is 0.249 e. The fraction of sp³-hybridized carbons (Fsp3) is 0.348. The Morgan fingerprint density at radius 2 is 1.88 bits per heavy atom. The third-order valence-corrected chi connectivity index (χ3v) is 6.89. The van der Waals surface area contributed by atoms with Crippen LogP contribution in [0.5, 0.6) is 0 Å². The van der Waals surface area contributed by atoms with Gasteiger partial charge < -0.3 is 0 Å². The Bertz CT molecular complexity index is 1200. The van der Waals surface area contributed by atoms with Crippen molar-refractivity contribution in [2.45, 2.75) is 38.3 Å². The predicted molar refractivity (Wildman–Crippen MR) is 111 cm³/mol. The van der Waals surface area contributed by atoms with E-state index in [0.29, 0.717) is 12.0 Å². The van der Waals surface area contributed by atoms with Crippen LogP contribution in [-0.2, 0) is 11.3 Å². The van der Waals surface area contributed by atoms with Gasteiger partial charge in [-0.05, 0) is 42.4 Å². The second-order valence-corrected chi connectivity index (χ2v) is 9.23. The number of hydrazone groups is 1. The maximum atomic E-state index is 13.7. The largest absolute Gasteiger partial charge is 0.272 e. The minimum absolute atomic E-state index is 0.0523. The van der Waals surface area contributed by atoms with Gasteiger partial charge in [-0.1, -0.05) is 0 Å². The molecule has 3 aromatic rings. The van der Waals surface area contributed by atoms with E-state index < -0.39 is 23.1 Å². The highest BCUT2D eigenvalue weighted by molar-refractivity contribution is 5.88. The van der Waals surface area contributed by atoms with Crippen molar-refractivity contribution >= 4 is 12.1 Å². The fourth-order valence-corrected chi connectivity index (χ4v) is 5.66. The van der Waals surface area contributed by atoms with Gasteiger partial charge in [0.05, 0.1) is 29.5 Å². The van der Waals surface area contributed by atoms with Crippen LogP contribution in [0, 0.1) is 22.5 Å². The number of rotatable bonds is 5. The molecule has 3 fully saturated rings. The Labute approximate surface area is 182 Å². The second-order valence-electron chi connectivity index (χ2n) is 9.23. The summed E-state index contributed by atoms with van der Waals surface area (Å²) in [7, 11) is 0. The van der Waals surface area contributed by atoms with Crippen LogP contribution in [0.25, 0.3) is 11.3 Å². The zero-order valence-corrected chi connectivity index (χ0v) is 17.2. The van der Waals surface area contributed by atoms with Crippen LogP contribution in [0.3, 0.4) is 0 Å². The normalized spacial score (nSPS) is 27.8. The molecule has 7 rings (SSSR count). The van der Waals surface area contributed by atoms with Gasteiger partial charge in [0.25, 0.3) is 0 Å². The number of benzene rings is 1. The SMILES string of the molecule is O=C(N1N=CCC1c1cc(F)cc(F)c1)C12CC(Cn3cc(-c4cnccn4)cn3)(C1)C2. The number of carbonyl (C=O) groups is 1. The lowest BCUT2D eigenvalue weighted by Crippen LogP contribution is -2.68. The third kappa shape index (κ3) is 2.95. The van der Waals surface area contributed by atoms with Gasteiger partial charge in [-0.15, -0.1) is 0 Å². The summed E-state index contributed by atoms with van der Waals surface area (Å²) in [5.74, 6) is -1.35. The van der Waals surface area contributed by atoms with E-state index in [1.165, 1.54) is 17.1 Å². The van der Waals surface area contributed by atoms with E-state index in [2.05, 4.69) is 20.2 Å². The summed E-state index contributed by atoms with van der Waals surface area (Å²) in [6.45, 7) is 0.740. The van der Waals surface area contributed by atoms with Crippen LogP contribution in [0.2, 0.25) is 0 Å². The van der Waals surface area contributed by atoms with E-state index in [1.807, 2.05) is 10.9 Å². The lowest BCUT2D eigenvalue weighted by atomic mass is 9.34. The number of carbonyl (C=O) groups excluding carboxylic acids is 1. The summed E-state index contributed by atoms with van der Waals surface area (Å²) in [6.07, 6.45) is 13.1. The van der Waals surface area contributed by atoms with Crippen molar-refractivity contribution < 1.29 is 13.6 Å². The minimum Gasteiger partial charge on any atom is -0.272 e. The van der Waals surface area contributed by atoms with E-state index in [0.717, 1.165) is 43.1 Å². The molecule has 3 saturated carbocycles. The molecule has 1 amide bonds. The van der Waals surface area contributed by atoms with Crippen molar-refractivity contribution in [3.05, 3.63) is 66.4 Å². The molecule has 3 heterocycles. The van der Waals surface area contributed by atoms with E-state index >= 15 is 0 Å². The molecule has 2 bridgehead atoms. The first kappa shape index (κ1) is 19.2. The lowest BCUT2D eigenvalue weighted by Gasteiger charge is -2.69. The summed E-state index contributed by atoms with van der Waals surface area (Å²) in [5.41, 5.74) is 1.75. The molecular weight excluding hydrogens is 414 g/mol. The molecular formula is C23H20F2N6O. The van der Waals surface area contributed by atoms with Crippen molar-refractivity contribution in [1.82, 2.24) is 24.8 Å². The van der Waals surface area contributed by atoms with Crippen molar-refractivity contribution in [3.63, 3.8) is 0 Å². The molecule has 1 aromatic carbocycles. The Morgan fingerprint density at radius 3 is 2.59 bits per heavy atom. The molecule has 4 aliphatic rings. The number of halogens is 2. The molecule has 2 aromatic heterocycles. The molecule has 0 spiro atoms. The summed E-state index contributed by atoms with van der Waals surface area (Å²) in [4.78, 5) is 21.7. The van der Waals surface area contributed by atoms with E-state index in [9.17, 15) is 13.6 Å². The van der Waals surface area contributed by atoms with Crippen LogP contribution in [0.15, 0.2) is 54.3 Å². The fourth-order valence-electron chi connectivity index (χ4n) is 5.66. The number of amides is 1. The molecule has 9 heteroatoms. The number of nitrogens with zero attached hydrogens (tertiary/aromatic N) is 6. The Balaban J connectivity index is 1.13. The maximum absolute atomic E-state index is 13.7. The lowest BCUT2D eigenvalue weighted by molar-refractivity contribution is -0.223. The summed E-state index contributed by atoms with van der Waals surface area (Å²) in [6, 6.07) is 2.93. The summed E-state index contributed by atoms with van der Waals surface area (Å²) < 4.78 is 29.3. The Hall–Kier alpha value is -3.49. The highest BCUT2D eigenvalue weighted by Gasteiger charge is 2.72. The highest BCUT2D eigenvalue weighted by Crippen LogP contribution is 2.74. The molecule has 0 N–H and O–H groups in total. The van der Waals surface area contributed by atoms with Crippen molar-refractivity contribution in [1.29, 1.82) is 0 Å². The number of hydrogen-bond acceptors (Lipinski definition) is 5. The van der Waals surface area contributed by atoms with Gasteiger partial charge in [-0.2, -0.15) is 10.2 Å². The molecule has 7 nitrogen and oxygen atoms in total. The molecule has 1 unspecified atom stereocenters. The van der Waals surface area contributed by atoms with Crippen molar-refractivity contribution in [3.8, 4) is 11.3 Å². The van der Waals surface area contributed by atoms with Gasteiger partial charge in [0.2, 0.25) is 5.91 Å². The summed E-state index contributed by atoms with van der Waals surface area (Å²) >= 11 is 0. The minimum atomic E-state index is -0.649. The molecule has 32 heavy (non-hydrogen) atoms. The smallest absolute Gasteiger partial charge is 0.249 e. The first-order valence-corrected chi connectivity index (χ1v) is 10.6. The standard InChI is InChI=1S/C23H20F2N6O/c24-17-5-15(6-18(25)7-17)20-1-2-28-31(20)21(32)23-11-22(12-23,13-23)14-30-10-16(8-29-30)19-9-26-3-4-27-19/h2-10,20H,1,11-14H2. The summed E-state index contributed by atoms with van der Waals surface area (Å²) in [5, 5.41) is 10.1. The van der Waals surface area contributed by atoms with E-state index in [1.54, 1.807) is 31.0 Å². The van der Waals surface area contributed by atoms with E-state index in [-0.39, 0.29) is 11.3 Å². The monoisotopic (exact) mass is 434 g/mol. The van der Waals surface area contributed by atoms with Crippen LogP contribution in [-0.4, -0.2) is 36.9 Å². The molecule has 0 saturated heterocycles. The first-order valence-electron chi connectivity index (χ1n) is 10.6. The predicted octanol–water partition coefficient (Wildman–Crippen LogP) is 3.75. The van der Waals surface area contributed by atoms with Crippen LogP contribution >= 0.6 is 0 Å². The van der Waals surface area contributed by atoms with Gasteiger partial charge in [0.15, 0.2) is 0 Å². The number of aromatic nitrogens is 4. The van der Waals surface area contributed by atoms with Crippen LogP contribution < -0.4 is 0 Å². The zero-order valence-electron chi connectivity index (χ0n) is 17.2. The van der Waals surface area contributed by atoms with Crippen LogP contribution in [0.1, 0.15) is 37.3 Å². The Morgan fingerprint density at radius 1 is 1.09 bits per heavy atom. The molecule has 1 atom stereocenters. The van der Waals surface area contributed by atoms with Gasteiger partial charge in [0.1, 0.15) is 11.6 Å². The second kappa shape index (κ2) is 6.75. The molecule has 3 aliphatic carbocycles. The quantitative estimate of drug-likeness (QED) is 0.613. The van der Waals surface area contributed by atoms with Gasteiger partial charge >= 0.3 is 0 Å². The van der Waals surface area contributed by atoms with Crippen LogP contribution in [0.4, 0.5) is 8.78 Å². The van der Waals surface area contributed by atoms with Gasteiger partial charge in [-0.25, -0.2) is 13.8 Å². The molecule has 1 aliphatic heterocycles. The topological polar surface area (TPSA) is 76.3 Å². The van der Waals surface area contributed by atoms with Gasteiger partial charge in [0, 0.05) is 49.4 Å². The highest BCUT2D eigenvalue weighted by atomic mass is 19.1. The van der Waals surface area contributed by atoms with Crippen molar-refractivity contribution in [2.24, 2.45) is 15.9 Å². The molecule has 0 radical (unpaired) electrons. The average Bonchev–Trinajstić information content (AvgIpc) is 3.39. The zero-order chi connectivity index (χ0) is 21.9. The first-order chi connectivity index (χ1) is 15.5. The average molecular weight is 434 g/mol.